The normalized spacial score (nSPS) is 16.8. The Hall–Kier alpha value is -1.70. The van der Waals surface area contributed by atoms with E-state index in [9.17, 15) is 8.78 Å². The van der Waals surface area contributed by atoms with Crippen LogP contribution in [0.4, 0.5) is 8.78 Å². The summed E-state index contributed by atoms with van der Waals surface area (Å²) in [6.45, 7) is 2.25. The van der Waals surface area contributed by atoms with Gasteiger partial charge in [0.1, 0.15) is 0 Å². The highest BCUT2D eigenvalue weighted by molar-refractivity contribution is 5.64. The topological polar surface area (TPSA) is 0 Å². The molecular weight excluding hydrogens is 314 g/mol. The van der Waals surface area contributed by atoms with Crippen LogP contribution in [0, 0.1) is 11.6 Å². The zero-order valence-corrected chi connectivity index (χ0v) is 15.2. The molecule has 0 aliphatic heterocycles. The van der Waals surface area contributed by atoms with Gasteiger partial charge >= 0.3 is 0 Å². The van der Waals surface area contributed by atoms with E-state index in [1.54, 1.807) is 6.07 Å². The molecule has 0 atom stereocenters. The van der Waals surface area contributed by atoms with Crippen LogP contribution < -0.4 is 0 Å². The molecule has 1 fully saturated rings. The molecule has 0 nitrogen and oxygen atoms in total. The molecule has 0 saturated heterocycles. The fourth-order valence-electron chi connectivity index (χ4n) is 4.32. The van der Waals surface area contributed by atoms with Gasteiger partial charge in [0.15, 0.2) is 11.6 Å². The van der Waals surface area contributed by atoms with Crippen LogP contribution in [0.3, 0.4) is 0 Å². The maximum atomic E-state index is 13.5. The van der Waals surface area contributed by atoms with Gasteiger partial charge in [-0.1, -0.05) is 75.8 Å². The lowest BCUT2D eigenvalue weighted by molar-refractivity contribution is 0.266. The first-order valence-corrected chi connectivity index (χ1v) is 9.71. The summed E-state index contributed by atoms with van der Waals surface area (Å²) in [6, 6.07) is 12.7. The molecule has 1 saturated carbocycles. The summed E-state index contributed by atoms with van der Waals surface area (Å²) < 4.78 is 26.6. The fourth-order valence-corrected chi connectivity index (χ4v) is 4.32. The number of unbranched alkanes of at least 4 members (excludes halogenated alkanes) is 2. The quantitative estimate of drug-likeness (QED) is 0.479. The van der Waals surface area contributed by atoms with Gasteiger partial charge < -0.3 is 0 Å². The molecule has 0 aromatic heterocycles. The van der Waals surface area contributed by atoms with Crippen molar-refractivity contribution in [3.63, 3.8) is 0 Å². The Balaban J connectivity index is 1.84. The first-order valence-electron chi connectivity index (χ1n) is 9.71. The maximum absolute atomic E-state index is 13.5. The van der Waals surface area contributed by atoms with E-state index in [-0.39, 0.29) is 0 Å². The highest BCUT2D eigenvalue weighted by Crippen LogP contribution is 2.43. The highest BCUT2D eigenvalue weighted by Gasteiger charge is 2.33. The van der Waals surface area contributed by atoms with Crippen molar-refractivity contribution in [2.75, 3.05) is 0 Å². The Labute approximate surface area is 150 Å². The summed E-state index contributed by atoms with van der Waals surface area (Å²) in [5.74, 6) is -1.58. The summed E-state index contributed by atoms with van der Waals surface area (Å²) in [7, 11) is 0. The first-order chi connectivity index (χ1) is 12.1. The summed E-state index contributed by atoms with van der Waals surface area (Å²) in [4.78, 5) is 0. The van der Waals surface area contributed by atoms with Crippen molar-refractivity contribution >= 4 is 0 Å². The molecule has 1 aliphatic rings. The van der Waals surface area contributed by atoms with Crippen molar-refractivity contribution in [3.05, 3.63) is 59.7 Å². The van der Waals surface area contributed by atoms with Gasteiger partial charge in [-0.3, -0.25) is 0 Å². The SMILES string of the molecule is CCCCCC1(c2ccc(-c3ccc(F)c(F)c3)cc2)CCCCC1. The van der Waals surface area contributed by atoms with Gasteiger partial charge in [-0.25, -0.2) is 8.78 Å². The van der Waals surface area contributed by atoms with E-state index in [2.05, 4.69) is 31.2 Å². The number of hydrogen-bond donors (Lipinski definition) is 0. The van der Waals surface area contributed by atoms with Gasteiger partial charge in [-0.05, 0) is 53.5 Å². The minimum atomic E-state index is -0.794. The second kappa shape index (κ2) is 8.12. The number of hydrogen-bond acceptors (Lipinski definition) is 0. The predicted octanol–water partition coefficient (Wildman–Crippen LogP) is 7.41. The van der Waals surface area contributed by atoms with Crippen LogP contribution in [0.2, 0.25) is 0 Å². The molecule has 0 bridgehead atoms. The molecule has 0 radical (unpaired) electrons. The van der Waals surface area contributed by atoms with E-state index in [4.69, 9.17) is 0 Å². The molecule has 3 rings (SSSR count). The summed E-state index contributed by atoms with van der Waals surface area (Å²) >= 11 is 0. The third kappa shape index (κ3) is 4.11. The lowest BCUT2D eigenvalue weighted by Crippen LogP contribution is -2.29. The second-order valence-corrected chi connectivity index (χ2v) is 7.50. The van der Waals surface area contributed by atoms with Crippen LogP contribution in [-0.4, -0.2) is 0 Å². The van der Waals surface area contributed by atoms with Gasteiger partial charge in [-0.2, -0.15) is 0 Å². The smallest absolute Gasteiger partial charge is 0.159 e. The van der Waals surface area contributed by atoms with Gasteiger partial charge in [0.2, 0.25) is 0 Å². The molecule has 0 amide bonds. The lowest BCUT2D eigenvalue weighted by atomic mass is 9.66. The Morgan fingerprint density at radius 1 is 0.800 bits per heavy atom. The molecule has 2 heteroatoms. The molecular formula is C23H28F2. The Morgan fingerprint density at radius 3 is 2.12 bits per heavy atom. The molecule has 25 heavy (non-hydrogen) atoms. The van der Waals surface area contributed by atoms with Crippen LogP contribution in [0.5, 0.6) is 0 Å². The summed E-state index contributed by atoms with van der Waals surface area (Å²) in [5.41, 5.74) is 3.42. The Kier molecular flexibility index (Phi) is 5.88. The van der Waals surface area contributed by atoms with Crippen molar-refractivity contribution in [2.45, 2.75) is 70.1 Å². The third-order valence-corrected chi connectivity index (χ3v) is 5.82. The molecule has 0 heterocycles. The largest absolute Gasteiger partial charge is 0.204 e. The van der Waals surface area contributed by atoms with Gasteiger partial charge in [-0.15, -0.1) is 0 Å². The van der Waals surface area contributed by atoms with Crippen LogP contribution in [0.25, 0.3) is 11.1 Å². The van der Waals surface area contributed by atoms with E-state index in [0.717, 1.165) is 11.1 Å². The zero-order valence-electron chi connectivity index (χ0n) is 15.2. The van der Waals surface area contributed by atoms with Crippen molar-refractivity contribution < 1.29 is 8.78 Å². The zero-order chi connectivity index (χ0) is 17.7. The average Bonchev–Trinajstić information content (AvgIpc) is 2.65. The molecule has 0 spiro atoms. The molecule has 1 aliphatic carbocycles. The van der Waals surface area contributed by atoms with E-state index < -0.39 is 11.6 Å². The second-order valence-electron chi connectivity index (χ2n) is 7.50. The standard InChI is InChI=1S/C23H28F2/c1-2-3-5-14-23(15-6-4-7-16-23)20-11-8-18(9-12-20)19-10-13-21(24)22(25)17-19/h8-13,17H,2-7,14-16H2,1H3. The van der Waals surface area contributed by atoms with E-state index in [1.807, 2.05) is 0 Å². The molecule has 0 N–H and O–H groups in total. The molecule has 2 aromatic rings. The molecule has 134 valence electrons. The van der Waals surface area contributed by atoms with Crippen molar-refractivity contribution in [3.8, 4) is 11.1 Å². The van der Waals surface area contributed by atoms with E-state index in [1.165, 1.54) is 75.5 Å². The number of halogens is 2. The van der Waals surface area contributed by atoms with E-state index >= 15 is 0 Å². The van der Waals surface area contributed by atoms with Crippen molar-refractivity contribution in [1.29, 1.82) is 0 Å². The summed E-state index contributed by atoms with van der Waals surface area (Å²) in [6.07, 6.45) is 11.7. The van der Waals surface area contributed by atoms with Gasteiger partial charge in [0.05, 0.1) is 0 Å². The Morgan fingerprint density at radius 2 is 1.48 bits per heavy atom. The maximum Gasteiger partial charge on any atom is 0.159 e. The van der Waals surface area contributed by atoms with Crippen LogP contribution in [-0.2, 0) is 5.41 Å². The molecule has 2 aromatic carbocycles. The van der Waals surface area contributed by atoms with Gasteiger partial charge in [0.25, 0.3) is 0 Å². The monoisotopic (exact) mass is 342 g/mol. The van der Waals surface area contributed by atoms with Crippen LogP contribution >= 0.6 is 0 Å². The Bertz CT molecular complexity index is 682. The van der Waals surface area contributed by atoms with Gasteiger partial charge in [0, 0.05) is 0 Å². The van der Waals surface area contributed by atoms with Crippen LogP contribution in [0.15, 0.2) is 42.5 Å². The first kappa shape index (κ1) is 18.1. The predicted molar refractivity (Wildman–Crippen MR) is 101 cm³/mol. The number of rotatable bonds is 6. The van der Waals surface area contributed by atoms with Crippen molar-refractivity contribution in [1.82, 2.24) is 0 Å². The van der Waals surface area contributed by atoms with Crippen molar-refractivity contribution in [2.24, 2.45) is 0 Å². The minimum absolute atomic E-state index is 0.319. The fraction of sp³-hybridized carbons (Fsp3) is 0.478. The third-order valence-electron chi connectivity index (χ3n) is 5.82. The summed E-state index contributed by atoms with van der Waals surface area (Å²) in [5, 5.41) is 0. The number of benzene rings is 2. The highest BCUT2D eigenvalue weighted by atomic mass is 19.2. The van der Waals surface area contributed by atoms with Crippen LogP contribution in [0.1, 0.15) is 70.3 Å². The van der Waals surface area contributed by atoms with E-state index in [0.29, 0.717) is 5.41 Å². The average molecular weight is 342 g/mol. The minimum Gasteiger partial charge on any atom is -0.204 e. The lowest BCUT2D eigenvalue weighted by Gasteiger charge is -2.38. The molecule has 0 unspecified atom stereocenters.